The molecule has 3 N–H and O–H groups in total. The molecule has 0 radical (unpaired) electrons. The number of primary amides is 1. The van der Waals surface area contributed by atoms with E-state index in [4.69, 9.17) is 10.5 Å². The van der Waals surface area contributed by atoms with Crippen molar-refractivity contribution in [1.29, 1.82) is 5.26 Å². The molecule has 0 saturated carbocycles. The van der Waals surface area contributed by atoms with Crippen molar-refractivity contribution in [2.45, 2.75) is 0 Å². The number of benzene rings is 2. The highest BCUT2D eigenvalue weighted by molar-refractivity contribution is 6.09. The van der Waals surface area contributed by atoms with E-state index in [2.05, 4.69) is 10.1 Å². The summed E-state index contributed by atoms with van der Waals surface area (Å²) in [6.07, 6.45) is 1.41. The van der Waals surface area contributed by atoms with Gasteiger partial charge in [0, 0.05) is 5.69 Å². The van der Waals surface area contributed by atoms with E-state index in [1.165, 1.54) is 37.5 Å². The zero-order valence-electron chi connectivity index (χ0n) is 15.0. The molecule has 2 amide bonds. The quantitative estimate of drug-likeness (QED) is 0.429. The van der Waals surface area contributed by atoms with Gasteiger partial charge in [-0.3, -0.25) is 9.59 Å². The minimum Gasteiger partial charge on any atom is -0.484 e. The number of rotatable bonds is 7. The predicted octanol–water partition coefficient (Wildman–Crippen LogP) is 1.88. The molecule has 0 spiro atoms. The van der Waals surface area contributed by atoms with Crippen LogP contribution in [0.5, 0.6) is 5.75 Å². The highest BCUT2D eigenvalue weighted by Gasteiger charge is 2.11. The number of amides is 2. The van der Waals surface area contributed by atoms with Crippen LogP contribution in [0.15, 0.2) is 54.1 Å². The Morgan fingerprint density at radius 1 is 1.11 bits per heavy atom. The molecule has 28 heavy (non-hydrogen) atoms. The number of nitrogens with two attached hydrogens (primary N) is 1. The highest BCUT2D eigenvalue weighted by atomic mass is 16.5. The molecular formula is C20H17N3O5. The van der Waals surface area contributed by atoms with Crippen molar-refractivity contribution in [2.75, 3.05) is 19.0 Å². The van der Waals surface area contributed by atoms with Gasteiger partial charge in [0.1, 0.15) is 17.4 Å². The molecule has 0 bridgehead atoms. The van der Waals surface area contributed by atoms with Crippen LogP contribution in [0.4, 0.5) is 5.69 Å². The molecule has 0 aliphatic rings. The Bertz CT molecular complexity index is 941. The maximum atomic E-state index is 12.3. The van der Waals surface area contributed by atoms with Gasteiger partial charge in [-0.05, 0) is 48.0 Å². The van der Waals surface area contributed by atoms with Crippen LogP contribution in [0, 0.1) is 11.3 Å². The summed E-state index contributed by atoms with van der Waals surface area (Å²) < 4.78 is 9.75. The van der Waals surface area contributed by atoms with Crippen molar-refractivity contribution in [3.8, 4) is 11.8 Å². The number of ether oxygens (including phenoxy) is 2. The third-order valence-electron chi connectivity index (χ3n) is 3.50. The number of nitriles is 1. The van der Waals surface area contributed by atoms with Gasteiger partial charge in [0.2, 0.25) is 0 Å². The summed E-state index contributed by atoms with van der Waals surface area (Å²) in [5.41, 5.74) is 6.26. The van der Waals surface area contributed by atoms with E-state index >= 15 is 0 Å². The summed E-state index contributed by atoms with van der Waals surface area (Å²) in [4.78, 5) is 34.4. The molecule has 2 aromatic carbocycles. The van der Waals surface area contributed by atoms with Crippen molar-refractivity contribution in [3.05, 3.63) is 65.2 Å². The van der Waals surface area contributed by atoms with Gasteiger partial charge >= 0.3 is 5.97 Å². The second-order valence-electron chi connectivity index (χ2n) is 5.52. The summed E-state index contributed by atoms with van der Waals surface area (Å²) in [5.74, 6) is -1.24. The van der Waals surface area contributed by atoms with Gasteiger partial charge in [-0.1, -0.05) is 12.1 Å². The molecular weight excluding hydrogens is 362 g/mol. The van der Waals surface area contributed by atoms with E-state index in [1.807, 2.05) is 6.07 Å². The van der Waals surface area contributed by atoms with Crippen molar-refractivity contribution < 1.29 is 23.9 Å². The second kappa shape index (κ2) is 9.54. The van der Waals surface area contributed by atoms with E-state index in [9.17, 15) is 19.6 Å². The lowest BCUT2D eigenvalue weighted by molar-refractivity contribution is -0.120. The summed E-state index contributed by atoms with van der Waals surface area (Å²) in [5, 5.41) is 11.9. The smallest absolute Gasteiger partial charge is 0.337 e. The number of esters is 1. The molecule has 2 aromatic rings. The molecule has 2 rings (SSSR count). The van der Waals surface area contributed by atoms with E-state index in [0.717, 1.165) is 0 Å². The third-order valence-corrected chi connectivity index (χ3v) is 3.50. The summed E-state index contributed by atoms with van der Waals surface area (Å²) in [7, 11) is 1.28. The predicted molar refractivity (Wildman–Crippen MR) is 101 cm³/mol. The zero-order chi connectivity index (χ0) is 20.5. The van der Waals surface area contributed by atoms with Gasteiger partial charge < -0.3 is 20.5 Å². The SMILES string of the molecule is COC(=O)c1ccc(NC(=O)/C(C#N)=C/c2ccc(OCC(N)=O)cc2)cc1. The number of nitrogens with zero attached hydrogens (tertiary/aromatic N) is 1. The number of carbonyl (C=O) groups excluding carboxylic acids is 3. The molecule has 0 heterocycles. The molecule has 142 valence electrons. The number of anilines is 1. The number of carbonyl (C=O) groups is 3. The molecule has 0 aliphatic heterocycles. The maximum Gasteiger partial charge on any atom is 0.337 e. The normalized spacial score (nSPS) is 10.5. The van der Waals surface area contributed by atoms with Crippen LogP contribution in [0.3, 0.4) is 0 Å². The van der Waals surface area contributed by atoms with E-state index < -0.39 is 17.8 Å². The number of hydrogen-bond donors (Lipinski definition) is 2. The lowest BCUT2D eigenvalue weighted by atomic mass is 10.1. The van der Waals surface area contributed by atoms with Crippen molar-refractivity contribution >= 4 is 29.5 Å². The average Bonchev–Trinajstić information content (AvgIpc) is 2.71. The lowest BCUT2D eigenvalue weighted by Gasteiger charge is -2.06. The minimum absolute atomic E-state index is 0.108. The Hall–Kier alpha value is -4.12. The zero-order valence-corrected chi connectivity index (χ0v) is 15.0. The summed E-state index contributed by atoms with van der Waals surface area (Å²) in [6, 6.07) is 14.4. The minimum atomic E-state index is -0.595. The standard InChI is InChI=1S/C20H17N3O5/c1-27-20(26)14-4-6-16(7-5-14)23-19(25)15(11-21)10-13-2-8-17(9-3-13)28-12-18(22)24/h2-10H,12H2,1H3,(H2,22,24)(H,23,25)/b15-10+. The topological polar surface area (TPSA) is 132 Å². The molecule has 8 nitrogen and oxygen atoms in total. The van der Waals surface area contributed by atoms with Gasteiger partial charge in [-0.15, -0.1) is 0 Å². The monoisotopic (exact) mass is 379 g/mol. The Morgan fingerprint density at radius 2 is 1.75 bits per heavy atom. The molecule has 0 unspecified atom stereocenters. The van der Waals surface area contributed by atoms with E-state index in [0.29, 0.717) is 22.6 Å². The second-order valence-corrected chi connectivity index (χ2v) is 5.52. The van der Waals surface area contributed by atoms with E-state index in [-0.39, 0.29) is 12.2 Å². The Labute approximate surface area is 161 Å². The molecule has 0 aliphatic carbocycles. The van der Waals surface area contributed by atoms with Gasteiger partial charge in [-0.25, -0.2) is 4.79 Å². The van der Waals surface area contributed by atoms with Crippen LogP contribution in [0.25, 0.3) is 6.08 Å². The Morgan fingerprint density at radius 3 is 2.29 bits per heavy atom. The molecule has 0 saturated heterocycles. The molecule has 8 heteroatoms. The molecule has 0 aromatic heterocycles. The molecule has 0 atom stereocenters. The van der Waals surface area contributed by atoms with Gasteiger partial charge in [0.25, 0.3) is 11.8 Å². The van der Waals surface area contributed by atoms with Gasteiger partial charge in [-0.2, -0.15) is 5.26 Å². The van der Waals surface area contributed by atoms with Crippen LogP contribution in [0.2, 0.25) is 0 Å². The number of methoxy groups -OCH3 is 1. The number of nitrogens with one attached hydrogen (secondary N) is 1. The van der Waals surface area contributed by atoms with Crippen LogP contribution in [-0.4, -0.2) is 31.5 Å². The third kappa shape index (κ3) is 5.71. The van der Waals surface area contributed by atoms with Crippen LogP contribution < -0.4 is 15.8 Å². The van der Waals surface area contributed by atoms with Crippen LogP contribution in [0.1, 0.15) is 15.9 Å². The highest BCUT2D eigenvalue weighted by Crippen LogP contribution is 2.16. The summed E-state index contributed by atoms with van der Waals surface area (Å²) in [6.45, 7) is -0.240. The first-order valence-electron chi connectivity index (χ1n) is 8.05. The maximum absolute atomic E-state index is 12.3. The fraction of sp³-hybridized carbons (Fsp3) is 0.100. The van der Waals surface area contributed by atoms with Crippen LogP contribution in [-0.2, 0) is 14.3 Å². The average molecular weight is 379 g/mol. The van der Waals surface area contributed by atoms with Crippen LogP contribution >= 0.6 is 0 Å². The first-order chi connectivity index (χ1) is 13.4. The lowest BCUT2D eigenvalue weighted by Crippen LogP contribution is -2.19. The van der Waals surface area contributed by atoms with Crippen molar-refractivity contribution in [3.63, 3.8) is 0 Å². The van der Waals surface area contributed by atoms with Crippen molar-refractivity contribution in [1.82, 2.24) is 0 Å². The first-order valence-corrected chi connectivity index (χ1v) is 8.05. The Kier molecular flexibility index (Phi) is 6.88. The van der Waals surface area contributed by atoms with Gasteiger partial charge in [0.15, 0.2) is 6.61 Å². The van der Waals surface area contributed by atoms with E-state index in [1.54, 1.807) is 24.3 Å². The number of hydrogen-bond acceptors (Lipinski definition) is 6. The molecule has 0 fully saturated rings. The van der Waals surface area contributed by atoms with Gasteiger partial charge in [0.05, 0.1) is 12.7 Å². The van der Waals surface area contributed by atoms with Crippen molar-refractivity contribution in [2.24, 2.45) is 5.73 Å². The summed E-state index contributed by atoms with van der Waals surface area (Å²) >= 11 is 0. The first kappa shape index (κ1) is 20.2. The fourth-order valence-electron chi connectivity index (χ4n) is 2.14. The largest absolute Gasteiger partial charge is 0.484 e. The Balaban J connectivity index is 2.07. The fourth-order valence-corrected chi connectivity index (χ4v) is 2.14.